The zero-order valence-electron chi connectivity index (χ0n) is 10.1. The molecule has 1 atom stereocenters. The minimum absolute atomic E-state index is 0.387. The molecular formula is C13H16Cl2N2. The lowest BCUT2D eigenvalue weighted by atomic mass is 10.2. The van der Waals surface area contributed by atoms with E-state index in [1.165, 1.54) is 0 Å². The Morgan fingerprint density at radius 1 is 1.41 bits per heavy atom. The predicted molar refractivity (Wildman–Crippen MR) is 74.2 cm³/mol. The van der Waals surface area contributed by atoms with Crippen molar-refractivity contribution in [3.63, 3.8) is 0 Å². The molecule has 0 N–H and O–H groups in total. The second-order valence-electron chi connectivity index (χ2n) is 4.20. The van der Waals surface area contributed by atoms with Gasteiger partial charge >= 0.3 is 0 Å². The maximum atomic E-state index is 6.28. The van der Waals surface area contributed by atoms with E-state index < -0.39 is 0 Å². The third-order valence-electron chi connectivity index (χ3n) is 3.08. The molecule has 1 aromatic heterocycles. The highest BCUT2D eigenvalue weighted by Crippen LogP contribution is 2.29. The Morgan fingerprint density at radius 3 is 2.82 bits per heavy atom. The molecule has 0 spiro atoms. The number of fused-ring (bicyclic) bond motifs is 1. The number of hydrogen-bond acceptors (Lipinski definition) is 1. The Hall–Kier alpha value is -0.730. The van der Waals surface area contributed by atoms with Crippen molar-refractivity contribution in [2.45, 2.75) is 32.7 Å². The van der Waals surface area contributed by atoms with Gasteiger partial charge in [0.1, 0.15) is 5.82 Å². The van der Waals surface area contributed by atoms with E-state index >= 15 is 0 Å². The van der Waals surface area contributed by atoms with Crippen molar-refractivity contribution >= 4 is 34.2 Å². The molecule has 92 valence electrons. The summed E-state index contributed by atoms with van der Waals surface area (Å²) in [4.78, 5) is 4.63. The maximum Gasteiger partial charge on any atom is 0.111 e. The standard InChI is InChI=1S/C13H16Cl2N2/c1-3-9(2)17-12(7-8-14)16-11-6-4-5-10(15)13(11)17/h4-6,9H,3,7-8H2,1-2H3. The number of halogens is 2. The highest BCUT2D eigenvalue weighted by Gasteiger charge is 2.16. The molecule has 2 aromatic rings. The third kappa shape index (κ3) is 2.29. The molecule has 0 aliphatic carbocycles. The van der Waals surface area contributed by atoms with E-state index in [-0.39, 0.29) is 0 Å². The average Bonchev–Trinajstić information content (AvgIpc) is 2.68. The van der Waals surface area contributed by atoms with Crippen molar-refractivity contribution < 1.29 is 0 Å². The molecule has 2 rings (SSSR count). The minimum Gasteiger partial charge on any atom is -0.324 e. The zero-order chi connectivity index (χ0) is 12.4. The summed E-state index contributed by atoms with van der Waals surface area (Å²) in [5.41, 5.74) is 1.99. The van der Waals surface area contributed by atoms with Gasteiger partial charge in [0.15, 0.2) is 0 Å². The van der Waals surface area contributed by atoms with E-state index in [4.69, 9.17) is 23.2 Å². The fourth-order valence-corrected chi connectivity index (χ4v) is 2.50. The smallest absolute Gasteiger partial charge is 0.111 e. The molecule has 17 heavy (non-hydrogen) atoms. The number of alkyl halides is 1. The maximum absolute atomic E-state index is 6.28. The van der Waals surface area contributed by atoms with Crippen molar-refractivity contribution in [1.29, 1.82) is 0 Å². The summed E-state index contributed by atoms with van der Waals surface area (Å²) in [7, 11) is 0. The number of para-hydroxylation sites is 1. The lowest BCUT2D eigenvalue weighted by Gasteiger charge is -2.16. The van der Waals surface area contributed by atoms with Crippen LogP contribution in [0.4, 0.5) is 0 Å². The summed E-state index contributed by atoms with van der Waals surface area (Å²) in [6.07, 6.45) is 1.82. The average molecular weight is 271 g/mol. The van der Waals surface area contributed by atoms with Crippen LogP contribution in [-0.4, -0.2) is 15.4 Å². The van der Waals surface area contributed by atoms with Gasteiger partial charge in [0.25, 0.3) is 0 Å². The van der Waals surface area contributed by atoms with Crippen LogP contribution < -0.4 is 0 Å². The van der Waals surface area contributed by atoms with Gasteiger partial charge < -0.3 is 4.57 Å². The van der Waals surface area contributed by atoms with E-state index in [1.54, 1.807) is 0 Å². The second-order valence-corrected chi connectivity index (χ2v) is 4.99. The van der Waals surface area contributed by atoms with Gasteiger partial charge in [-0.2, -0.15) is 0 Å². The van der Waals surface area contributed by atoms with Crippen LogP contribution in [0.3, 0.4) is 0 Å². The minimum atomic E-state index is 0.387. The molecule has 0 aliphatic rings. The number of imidazole rings is 1. The monoisotopic (exact) mass is 270 g/mol. The highest BCUT2D eigenvalue weighted by atomic mass is 35.5. The first-order valence-electron chi connectivity index (χ1n) is 5.90. The van der Waals surface area contributed by atoms with Gasteiger partial charge in [-0.15, -0.1) is 11.6 Å². The Labute approximate surface area is 112 Å². The molecule has 1 unspecified atom stereocenters. The van der Waals surface area contributed by atoms with Crippen LogP contribution in [0.1, 0.15) is 32.1 Å². The van der Waals surface area contributed by atoms with Crippen molar-refractivity contribution in [2.75, 3.05) is 5.88 Å². The number of rotatable bonds is 4. The number of benzene rings is 1. The van der Waals surface area contributed by atoms with Crippen LogP contribution in [0, 0.1) is 0 Å². The first-order chi connectivity index (χ1) is 8.19. The van der Waals surface area contributed by atoms with Crippen LogP contribution in [0.25, 0.3) is 11.0 Å². The Bertz CT molecular complexity index is 519. The van der Waals surface area contributed by atoms with E-state index in [1.807, 2.05) is 18.2 Å². The number of nitrogens with zero attached hydrogens (tertiary/aromatic N) is 2. The van der Waals surface area contributed by atoms with E-state index in [0.29, 0.717) is 11.9 Å². The molecule has 0 amide bonds. The first kappa shape index (κ1) is 12.7. The summed E-state index contributed by atoms with van der Waals surface area (Å²) in [6, 6.07) is 6.23. The molecule has 0 fully saturated rings. The lowest BCUT2D eigenvalue weighted by Crippen LogP contribution is -2.09. The predicted octanol–water partition coefficient (Wildman–Crippen LogP) is 4.44. The first-order valence-corrected chi connectivity index (χ1v) is 6.81. The van der Waals surface area contributed by atoms with E-state index in [0.717, 1.165) is 34.7 Å². The van der Waals surface area contributed by atoms with Gasteiger partial charge in [0.2, 0.25) is 0 Å². The second kappa shape index (κ2) is 5.28. The Morgan fingerprint density at radius 2 is 2.18 bits per heavy atom. The number of aryl methyl sites for hydroxylation is 1. The van der Waals surface area contributed by atoms with Crippen LogP contribution in [0.15, 0.2) is 18.2 Å². The zero-order valence-corrected chi connectivity index (χ0v) is 11.6. The molecule has 0 saturated heterocycles. The van der Waals surface area contributed by atoms with Gasteiger partial charge in [0.05, 0.1) is 16.1 Å². The molecule has 0 saturated carbocycles. The molecule has 1 heterocycles. The normalized spacial score (nSPS) is 13.2. The van der Waals surface area contributed by atoms with Gasteiger partial charge in [-0.05, 0) is 25.5 Å². The van der Waals surface area contributed by atoms with Gasteiger partial charge in [-0.1, -0.05) is 24.6 Å². The molecule has 1 aromatic carbocycles. The fraction of sp³-hybridized carbons (Fsp3) is 0.462. The largest absolute Gasteiger partial charge is 0.324 e. The van der Waals surface area contributed by atoms with Crippen LogP contribution in [0.5, 0.6) is 0 Å². The summed E-state index contributed by atoms with van der Waals surface area (Å²) in [5.74, 6) is 1.61. The van der Waals surface area contributed by atoms with Crippen molar-refractivity contribution in [2.24, 2.45) is 0 Å². The summed E-state index contributed by atoms with van der Waals surface area (Å²) in [6.45, 7) is 4.35. The molecule has 0 bridgehead atoms. The van der Waals surface area contributed by atoms with Gasteiger partial charge in [0, 0.05) is 18.3 Å². The van der Waals surface area contributed by atoms with Gasteiger partial charge in [-0.3, -0.25) is 0 Å². The summed E-state index contributed by atoms with van der Waals surface area (Å²) in [5, 5.41) is 0.760. The molecular weight excluding hydrogens is 255 g/mol. The topological polar surface area (TPSA) is 17.8 Å². The van der Waals surface area contributed by atoms with Crippen molar-refractivity contribution in [3.05, 3.63) is 29.0 Å². The molecule has 0 radical (unpaired) electrons. The van der Waals surface area contributed by atoms with Crippen molar-refractivity contribution in [1.82, 2.24) is 9.55 Å². The lowest BCUT2D eigenvalue weighted by molar-refractivity contribution is 0.525. The third-order valence-corrected chi connectivity index (χ3v) is 3.58. The van der Waals surface area contributed by atoms with E-state index in [9.17, 15) is 0 Å². The molecule has 4 heteroatoms. The van der Waals surface area contributed by atoms with Gasteiger partial charge in [-0.25, -0.2) is 4.98 Å². The molecule has 2 nitrogen and oxygen atoms in total. The quantitative estimate of drug-likeness (QED) is 0.751. The fourth-order valence-electron chi connectivity index (χ4n) is 2.07. The van der Waals surface area contributed by atoms with E-state index in [2.05, 4.69) is 23.4 Å². The molecule has 0 aliphatic heterocycles. The highest BCUT2D eigenvalue weighted by molar-refractivity contribution is 6.35. The number of hydrogen-bond donors (Lipinski definition) is 0. The summed E-state index contributed by atoms with van der Waals surface area (Å²) >= 11 is 12.1. The SMILES string of the molecule is CCC(C)n1c(CCCl)nc2cccc(Cl)c21. The number of aromatic nitrogens is 2. The Balaban J connectivity index is 2.68. The summed E-state index contributed by atoms with van der Waals surface area (Å²) < 4.78 is 2.22. The van der Waals surface area contributed by atoms with Crippen LogP contribution in [-0.2, 0) is 6.42 Å². The van der Waals surface area contributed by atoms with Crippen LogP contribution >= 0.6 is 23.2 Å². The van der Waals surface area contributed by atoms with Crippen molar-refractivity contribution in [3.8, 4) is 0 Å². The Kier molecular flexibility index (Phi) is 3.95. The van der Waals surface area contributed by atoms with Crippen LogP contribution in [0.2, 0.25) is 5.02 Å².